The molecule has 3 aromatic rings. The number of rotatable bonds is 5. The predicted molar refractivity (Wildman–Crippen MR) is 111 cm³/mol. The SMILES string of the molecule is CCOC(=O)c1cc(-c2ccccc2)sc1NC(=O)c1ccc2c(c1)OCCO2. The van der Waals surface area contributed by atoms with Gasteiger partial charge in [0, 0.05) is 10.4 Å². The average molecular weight is 409 g/mol. The van der Waals surface area contributed by atoms with Crippen LogP contribution in [0.4, 0.5) is 5.00 Å². The number of carbonyl (C=O) groups is 2. The van der Waals surface area contributed by atoms with Crippen LogP contribution in [-0.4, -0.2) is 31.7 Å². The average Bonchev–Trinajstić information content (AvgIpc) is 3.18. The van der Waals surface area contributed by atoms with E-state index in [4.69, 9.17) is 14.2 Å². The molecule has 0 spiro atoms. The molecule has 1 aliphatic rings. The van der Waals surface area contributed by atoms with Gasteiger partial charge < -0.3 is 19.5 Å². The number of nitrogens with one attached hydrogen (secondary N) is 1. The maximum absolute atomic E-state index is 12.8. The minimum atomic E-state index is -0.469. The van der Waals surface area contributed by atoms with Gasteiger partial charge in [-0.05, 0) is 36.8 Å². The summed E-state index contributed by atoms with van der Waals surface area (Å²) in [5.74, 6) is 0.338. The first-order valence-electron chi connectivity index (χ1n) is 9.23. The minimum Gasteiger partial charge on any atom is -0.486 e. The molecule has 4 rings (SSSR count). The van der Waals surface area contributed by atoms with Crippen LogP contribution < -0.4 is 14.8 Å². The first-order chi connectivity index (χ1) is 14.2. The second-order valence-corrected chi connectivity index (χ2v) is 7.30. The van der Waals surface area contributed by atoms with Crippen LogP contribution in [0.5, 0.6) is 11.5 Å². The predicted octanol–water partition coefficient (Wildman–Crippen LogP) is 4.62. The lowest BCUT2D eigenvalue weighted by atomic mass is 10.1. The van der Waals surface area contributed by atoms with Gasteiger partial charge in [-0.15, -0.1) is 11.3 Å². The number of ether oxygens (including phenoxy) is 3. The Labute approximate surface area is 172 Å². The maximum Gasteiger partial charge on any atom is 0.341 e. The number of hydrogen-bond donors (Lipinski definition) is 1. The van der Waals surface area contributed by atoms with Crippen molar-refractivity contribution in [1.29, 1.82) is 0 Å². The van der Waals surface area contributed by atoms with Gasteiger partial charge in [-0.3, -0.25) is 4.79 Å². The molecule has 0 aliphatic carbocycles. The summed E-state index contributed by atoms with van der Waals surface area (Å²) in [7, 11) is 0. The molecule has 0 radical (unpaired) electrons. The first-order valence-corrected chi connectivity index (χ1v) is 10.0. The van der Waals surface area contributed by atoms with E-state index < -0.39 is 5.97 Å². The quantitative estimate of drug-likeness (QED) is 0.623. The Kier molecular flexibility index (Phi) is 5.48. The highest BCUT2D eigenvalue weighted by molar-refractivity contribution is 7.20. The summed E-state index contributed by atoms with van der Waals surface area (Å²) in [4.78, 5) is 26.1. The monoisotopic (exact) mass is 409 g/mol. The molecule has 2 heterocycles. The Morgan fingerprint density at radius 1 is 1.03 bits per heavy atom. The van der Waals surface area contributed by atoms with Gasteiger partial charge >= 0.3 is 5.97 Å². The van der Waals surface area contributed by atoms with Gasteiger partial charge in [0.25, 0.3) is 5.91 Å². The zero-order chi connectivity index (χ0) is 20.2. The Bertz CT molecular complexity index is 1040. The summed E-state index contributed by atoms with van der Waals surface area (Å²) < 4.78 is 16.2. The van der Waals surface area contributed by atoms with Gasteiger partial charge in [-0.25, -0.2) is 4.79 Å². The van der Waals surface area contributed by atoms with Crippen LogP contribution in [0.3, 0.4) is 0 Å². The van der Waals surface area contributed by atoms with Gasteiger partial charge in [-0.2, -0.15) is 0 Å². The summed E-state index contributed by atoms with van der Waals surface area (Å²) >= 11 is 1.33. The van der Waals surface area contributed by atoms with Crippen molar-refractivity contribution in [3.05, 3.63) is 65.7 Å². The second-order valence-electron chi connectivity index (χ2n) is 6.25. The van der Waals surface area contributed by atoms with Crippen molar-refractivity contribution in [3.63, 3.8) is 0 Å². The zero-order valence-electron chi connectivity index (χ0n) is 15.8. The largest absolute Gasteiger partial charge is 0.486 e. The van der Waals surface area contributed by atoms with E-state index in [9.17, 15) is 9.59 Å². The number of esters is 1. The summed E-state index contributed by atoms with van der Waals surface area (Å²) in [6.45, 7) is 2.93. The van der Waals surface area contributed by atoms with E-state index in [1.165, 1.54) is 11.3 Å². The van der Waals surface area contributed by atoms with E-state index in [1.54, 1.807) is 31.2 Å². The lowest BCUT2D eigenvalue weighted by molar-refractivity contribution is 0.0528. The zero-order valence-corrected chi connectivity index (χ0v) is 16.6. The Hall–Kier alpha value is -3.32. The lowest BCUT2D eigenvalue weighted by Gasteiger charge is -2.18. The molecule has 0 bridgehead atoms. The molecule has 1 aromatic heterocycles. The summed E-state index contributed by atoms with van der Waals surface area (Å²) in [6, 6.07) is 16.4. The van der Waals surface area contributed by atoms with Crippen LogP contribution in [0, 0.1) is 0 Å². The Morgan fingerprint density at radius 3 is 2.55 bits per heavy atom. The second kappa shape index (κ2) is 8.36. The number of fused-ring (bicyclic) bond motifs is 1. The van der Waals surface area contributed by atoms with Gasteiger partial charge in [0.15, 0.2) is 11.5 Å². The first kappa shape index (κ1) is 19.0. The molecule has 0 unspecified atom stereocenters. The third-order valence-electron chi connectivity index (χ3n) is 4.32. The molecule has 0 fully saturated rings. The van der Waals surface area contributed by atoms with Crippen molar-refractivity contribution in [2.75, 3.05) is 25.1 Å². The van der Waals surface area contributed by atoms with Crippen molar-refractivity contribution in [1.82, 2.24) is 0 Å². The maximum atomic E-state index is 12.8. The molecule has 148 valence electrons. The lowest BCUT2D eigenvalue weighted by Crippen LogP contribution is -2.17. The molecule has 1 amide bonds. The number of benzene rings is 2. The van der Waals surface area contributed by atoms with Crippen LogP contribution in [0.2, 0.25) is 0 Å². The topological polar surface area (TPSA) is 73.9 Å². The summed E-state index contributed by atoms with van der Waals surface area (Å²) in [6.07, 6.45) is 0. The van der Waals surface area contributed by atoms with Crippen molar-refractivity contribution in [2.45, 2.75) is 6.92 Å². The van der Waals surface area contributed by atoms with E-state index in [0.29, 0.717) is 40.8 Å². The highest BCUT2D eigenvalue weighted by Crippen LogP contribution is 2.37. The third kappa shape index (κ3) is 4.09. The van der Waals surface area contributed by atoms with Gasteiger partial charge in [0.05, 0.1) is 12.2 Å². The van der Waals surface area contributed by atoms with Crippen LogP contribution >= 0.6 is 11.3 Å². The third-order valence-corrected chi connectivity index (χ3v) is 5.42. The molecule has 1 aliphatic heterocycles. The van der Waals surface area contributed by atoms with Gasteiger partial charge in [-0.1, -0.05) is 30.3 Å². The minimum absolute atomic E-state index is 0.255. The van der Waals surface area contributed by atoms with Crippen LogP contribution in [-0.2, 0) is 4.74 Å². The molecule has 0 saturated heterocycles. The van der Waals surface area contributed by atoms with Gasteiger partial charge in [0.1, 0.15) is 18.2 Å². The summed E-state index contributed by atoms with van der Waals surface area (Å²) in [5.41, 5.74) is 1.71. The van der Waals surface area contributed by atoms with E-state index in [1.807, 2.05) is 30.3 Å². The Morgan fingerprint density at radius 2 is 1.79 bits per heavy atom. The number of carbonyl (C=O) groups excluding carboxylic acids is 2. The standard InChI is InChI=1S/C22H19NO5S/c1-2-26-22(25)16-13-19(14-6-4-3-5-7-14)29-21(16)23-20(24)15-8-9-17-18(12-15)28-11-10-27-17/h3-9,12-13H,2,10-11H2,1H3,(H,23,24). The number of anilines is 1. The van der Waals surface area contributed by atoms with Crippen molar-refractivity contribution in [2.24, 2.45) is 0 Å². The molecular formula is C22H19NO5S. The van der Waals surface area contributed by atoms with Crippen LogP contribution in [0.1, 0.15) is 27.6 Å². The fourth-order valence-electron chi connectivity index (χ4n) is 2.95. The van der Waals surface area contributed by atoms with E-state index in [-0.39, 0.29) is 12.5 Å². The fraction of sp³-hybridized carbons (Fsp3) is 0.182. The Balaban J connectivity index is 1.63. The number of amides is 1. The smallest absolute Gasteiger partial charge is 0.341 e. The number of hydrogen-bond acceptors (Lipinski definition) is 6. The molecule has 7 heteroatoms. The molecule has 6 nitrogen and oxygen atoms in total. The van der Waals surface area contributed by atoms with Crippen LogP contribution in [0.15, 0.2) is 54.6 Å². The molecule has 29 heavy (non-hydrogen) atoms. The number of thiophene rings is 1. The van der Waals surface area contributed by atoms with Crippen LogP contribution in [0.25, 0.3) is 10.4 Å². The highest BCUT2D eigenvalue weighted by atomic mass is 32.1. The molecule has 1 N–H and O–H groups in total. The molecule has 0 atom stereocenters. The highest BCUT2D eigenvalue weighted by Gasteiger charge is 2.21. The molecule has 2 aromatic carbocycles. The molecular weight excluding hydrogens is 390 g/mol. The van der Waals surface area contributed by atoms with E-state index >= 15 is 0 Å². The van der Waals surface area contributed by atoms with Crippen molar-refractivity contribution >= 4 is 28.2 Å². The van der Waals surface area contributed by atoms with E-state index in [0.717, 1.165) is 10.4 Å². The summed E-state index contributed by atoms with van der Waals surface area (Å²) in [5, 5.41) is 3.29. The normalized spacial score (nSPS) is 12.3. The van der Waals surface area contributed by atoms with Crippen molar-refractivity contribution < 1.29 is 23.8 Å². The fourth-order valence-corrected chi connectivity index (χ4v) is 4.00. The molecule has 0 saturated carbocycles. The van der Waals surface area contributed by atoms with Crippen molar-refractivity contribution in [3.8, 4) is 21.9 Å². The van der Waals surface area contributed by atoms with Gasteiger partial charge in [0.2, 0.25) is 0 Å². The van der Waals surface area contributed by atoms with E-state index in [2.05, 4.69) is 5.32 Å².